The summed E-state index contributed by atoms with van der Waals surface area (Å²) in [6, 6.07) is 8.34. The van der Waals surface area contributed by atoms with Gasteiger partial charge >= 0.3 is 8.80 Å². The zero-order valence-corrected chi connectivity index (χ0v) is 14.3. The fourth-order valence-electron chi connectivity index (χ4n) is 1.92. The molecule has 0 unspecified atom stereocenters. The average Bonchev–Trinajstić information content (AvgIpc) is 2.47. The predicted octanol–water partition coefficient (Wildman–Crippen LogP) is 3.42. The van der Waals surface area contributed by atoms with Crippen molar-refractivity contribution in [2.45, 2.75) is 47.0 Å². The number of rotatable bonds is 10. The second kappa shape index (κ2) is 9.29. The van der Waals surface area contributed by atoms with Crippen LogP contribution in [0.25, 0.3) is 0 Å². The van der Waals surface area contributed by atoms with Gasteiger partial charge < -0.3 is 13.3 Å². The molecule has 0 bridgehead atoms. The minimum Gasteiger partial charge on any atom is -0.370 e. The maximum Gasteiger partial charge on any atom is 0.537 e. The molecule has 0 aliphatic rings. The molecule has 0 aliphatic heterocycles. The van der Waals surface area contributed by atoms with Gasteiger partial charge in [-0.1, -0.05) is 50.6 Å². The first-order valence-corrected chi connectivity index (χ1v) is 9.40. The van der Waals surface area contributed by atoms with Gasteiger partial charge in [-0.15, -0.1) is 0 Å². The lowest BCUT2D eigenvalue weighted by Gasteiger charge is -2.30. The maximum atomic E-state index is 6.12. The Balaban J connectivity index is 3.04. The second-order valence-electron chi connectivity index (χ2n) is 4.97. The molecule has 0 saturated carbocycles. The standard InChI is InChI=1S/C16H28O3Si/c1-5-11-17-20(18-12-6-2,19-13-7-3)16-10-8-9-15(4)14-16/h8-10,14H,5-7,11-13H2,1-4H3. The number of aryl methyl sites for hydroxylation is 1. The lowest BCUT2D eigenvalue weighted by molar-refractivity contribution is 0.0732. The molecule has 1 aromatic carbocycles. The molecule has 0 spiro atoms. The van der Waals surface area contributed by atoms with Crippen LogP contribution in [0.1, 0.15) is 45.6 Å². The van der Waals surface area contributed by atoms with E-state index in [1.165, 1.54) is 5.56 Å². The van der Waals surface area contributed by atoms with Crippen molar-refractivity contribution in [1.82, 2.24) is 0 Å². The van der Waals surface area contributed by atoms with E-state index in [-0.39, 0.29) is 0 Å². The van der Waals surface area contributed by atoms with Crippen molar-refractivity contribution in [2.75, 3.05) is 19.8 Å². The SMILES string of the molecule is CCCO[Si](OCCC)(OCCC)c1cccc(C)c1. The fraction of sp³-hybridized carbons (Fsp3) is 0.625. The topological polar surface area (TPSA) is 27.7 Å². The van der Waals surface area contributed by atoms with Gasteiger partial charge in [0.2, 0.25) is 0 Å². The zero-order chi connectivity index (χ0) is 14.8. The highest BCUT2D eigenvalue weighted by Crippen LogP contribution is 2.13. The van der Waals surface area contributed by atoms with E-state index in [1.54, 1.807) is 0 Å². The van der Waals surface area contributed by atoms with Crippen molar-refractivity contribution in [1.29, 1.82) is 0 Å². The zero-order valence-electron chi connectivity index (χ0n) is 13.3. The Morgan fingerprint density at radius 2 is 1.35 bits per heavy atom. The summed E-state index contributed by atoms with van der Waals surface area (Å²) in [6.45, 7) is 10.4. The third-order valence-electron chi connectivity index (χ3n) is 2.86. The monoisotopic (exact) mass is 296 g/mol. The van der Waals surface area contributed by atoms with Crippen LogP contribution >= 0.6 is 0 Å². The largest absolute Gasteiger partial charge is 0.537 e. The van der Waals surface area contributed by atoms with E-state index in [0.717, 1.165) is 24.4 Å². The van der Waals surface area contributed by atoms with Crippen LogP contribution in [0.15, 0.2) is 24.3 Å². The van der Waals surface area contributed by atoms with Crippen LogP contribution < -0.4 is 5.19 Å². The molecule has 0 aliphatic carbocycles. The van der Waals surface area contributed by atoms with E-state index in [9.17, 15) is 0 Å². The smallest absolute Gasteiger partial charge is 0.370 e. The Labute approximate surface area is 124 Å². The average molecular weight is 296 g/mol. The Bertz CT molecular complexity index is 360. The highest BCUT2D eigenvalue weighted by Gasteiger charge is 2.43. The van der Waals surface area contributed by atoms with E-state index in [2.05, 4.69) is 45.9 Å². The summed E-state index contributed by atoms with van der Waals surface area (Å²) in [5.74, 6) is 0. The van der Waals surface area contributed by atoms with Crippen LogP contribution in [-0.4, -0.2) is 28.6 Å². The molecular formula is C16H28O3Si. The molecule has 20 heavy (non-hydrogen) atoms. The van der Waals surface area contributed by atoms with Crippen molar-refractivity contribution >= 4 is 14.0 Å². The van der Waals surface area contributed by atoms with Crippen molar-refractivity contribution in [3.8, 4) is 0 Å². The molecule has 0 fully saturated rings. The number of benzene rings is 1. The van der Waals surface area contributed by atoms with Crippen molar-refractivity contribution in [3.63, 3.8) is 0 Å². The van der Waals surface area contributed by atoms with Crippen LogP contribution in [0.5, 0.6) is 0 Å². The van der Waals surface area contributed by atoms with E-state index in [1.807, 2.05) is 6.07 Å². The van der Waals surface area contributed by atoms with Gasteiger partial charge in [0, 0.05) is 25.0 Å². The molecule has 0 radical (unpaired) electrons. The Morgan fingerprint density at radius 3 is 1.75 bits per heavy atom. The van der Waals surface area contributed by atoms with Crippen LogP contribution in [0, 0.1) is 6.92 Å². The predicted molar refractivity (Wildman–Crippen MR) is 85.3 cm³/mol. The molecule has 114 valence electrons. The molecule has 1 rings (SSSR count). The highest BCUT2D eigenvalue weighted by atomic mass is 28.4. The summed E-state index contributed by atoms with van der Waals surface area (Å²) in [6.07, 6.45) is 2.89. The normalized spacial score (nSPS) is 11.8. The Hall–Kier alpha value is -0.683. The van der Waals surface area contributed by atoms with Crippen LogP contribution in [-0.2, 0) is 13.3 Å². The van der Waals surface area contributed by atoms with E-state index >= 15 is 0 Å². The molecule has 0 aromatic heterocycles. The summed E-state index contributed by atoms with van der Waals surface area (Å²) < 4.78 is 18.4. The minimum absolute atomic E-state index is 0.674. The molecular weight excluding hydrogens is 268 g/mol. The van der Waals surface area contributed by atoms with E-state index < -0.39 is 8.80 Å². The Morgan fingerprint density at radius 1 is 0.850 bits per heavy atom. The van der Waals surface area contributed by atoms with Crippen LogP contribution in [0.4, 0.5) is 0 Å². The first kappa shape index (κ1) is 17.4. The van der Waals surface area contributed by atoms with Gasteiger partial charge in [0.25, 0.3) is 0 Å². The van der Waals surface area contributed by atoms with E-state index in [0.29, 0.717) is 19.8 Å². The van der Waals surface area contributed by atoms with Gasteiger partial charge in [0.05, 0.1) is 0 Å². The molecule has 1 aromatic rings. The highest BCUT2D eigenvalue weighted by molar-refractivity contribution is 6.75. The third-order valence-corrected chi connectivity index (χ3v) is 5.63. The van der Waals surface area contributed by atoms with Gasteiger partial charge in [-0.25, -0.2) is 0 Å². The van der Waals surface area contributed by atoms with Gasteiger partial charge in [-0.3, -0.25) is 0 Å². The molecule has 0 atom stereocenters. The third kappa shape index (κ3) is 5.02. The quantitative estimate of drug-likeness (QED) is 0.619. The summed E-state index contributed by atoms with van der Waals surface area (Å²) >= 11 is 0. The molecule has 0 amide bonds. The summed E-state index contributed by atoms with van der Waals surface area (Å²) in [5, 5.41) is 1.08. The summed E-state index contributed by atoms with van der Waals surface area (Å²) in [4.78, 5) is 0. The van der Waals surface area contributed by atoms with E-state index in [4.69, 9.17) is 13.3 Å². The first-order valence-electron chi connectivity index (χ1n) is 7.67. The summed E-state index contributed by atoms with van der Waals surface area (Å²) in [5.41, 5.74) is 1.21. The van der Waals surface area contributed by atoms with Gasteiger partial charge in [0.1, 0.15) is 0 Å². The molecule has 0 N–H and O–H groups in total. The van der Waals surface area contributed by atoms with Gasteiger partial charge in [-0.2, -0.15) is 0 Å². The molecule has 0 heterocycles. The molecule has 0 saturated heterocycles. The maximum absolute atomic E-state index is 6.12. The fourth-order valence-corrected chi connectivity index (χ4v) is 4.79. The van der Waals surface area contributed by atoms with Crippen LogP contribution in [0.3, 0.4) is 0 Å². The summed E-state index contributed by atoms with van der Waals surface area (Å²) in [7, 11) is -2.77. The van der Waals surface area contributed by atoms with Crippen LogP contribution in [0.2, 0.25) is 0 Å². The van der Waals surface area contributed by atoms with Crippen molar-refractivity contribution in [2.24, 2.45) is 0 Å². The lowest BCUT2D eigenvalue weighted by Crippen LogP contribution is -2.57. The molecule has 4 heteroatoms. The number of hydrogen-bond acceptors (Lipinski definition) is 3. The lowest BCUT2D eigenvalue weighted by atomic mass is 10.2. The van der Waals surface area contributed by atoms with Crippen molar-refractivity contribution in [3.05, 3.63) is 29.8 Å². The van der Waals surface area contributed by atoms with Crippen molar-refractivity contribution < 1.29 is 13.3 Å². The first-order chi connectivity index (χ1) is 9.68. The van der Waals surface area contributed by atoms with Gasteiger partial charge in [-0.05, 0) is 26.2 Å². The van der Waals surface area contributed by atoms with Gasteiger partial charge in [0.15, 0.2) is 0 Å². The Kier molecular flexibility index (Phi) is 8.07. The minimum atomic E-state index is -2.77. The second-order valence-corrected chi connectivity index (χ2v) is 7.53. The number of hydrogen-bond donors (Lipinski definition) is 0. The molecule has 3 nitrogen and oxygen atoms in total.